The van der Waals surface area contributed by atoms with Gasteiger partial charge < -0.3 is 5.11 Å². The van der Waals surface area contributed by atoms with Crippen LogP contribution in [0.1, 0.15) is 5.82 Å². The van der Waals surface area contributed by atoms with Gasteiger partial charge in [-0.15, -0.1) is 10.2 Å². The molecule has 0 bridgehead atoms. The number of benzene rings is 1. The van der Waals surface area contributed by atoms with Crippen LogP contribution in [0, 0.1) is 5.82 Å². The molecule has 7 heteroatoms. The molecular formula is C9H6Cl2FN3O. The lowest BCUT2D eigenvalue weighted by Gasteiger charge is -2.06. The molecule has 16 heavy (non-hydrogen) atoms. The number of rotatable bonds is 2. The molecule has 0 atom stereocenters. The van der Waals surface area contributed by atoms with Gasteiger partial charge in [0.15, 0.2) is 11.6 Å². The van der Waals surface area contributed by atoms with Crippen molar-refractivity contribution in [1.82, 2.24) is 14.8 Å². The minimum atomic E-state index is -0.675. The smallest absolute Gasteiger partial charge is 0.163 e. The number of aromatic nitrogens is 3. The molecule has 1 aromatic heterocycles. The highest BCUT2D eigenvalue weighted by molar-refractivity contribution is 6.35. The summed E-state index contributed by atoms with van der Waals surface area (Å²) in [5, 5.41) is 16.1. The molecular weight excluding hydrogens is 256 g/mol. The Hall–Kier alpha value is -1.17. The molecule has 0 radical (unpaired) electrons. The van der Waals surface area contributed by atoms with E-state index in [0.29, 0.717) is 11.5 Å². The molecule has 4 nitrogen and oxygen atoms in total. The minimum absolute atomic E-state index is 0.0971. The molecule has 1 N–H and O–H groups in total. The zero-order valence-electron chi connectivity index (χ0n) is 7.86. The van der Waals surface area contributed by atoms with Crippen molar-refractivity contribution in [2.75, 3.05) is 0 Å². The van der Waals surface area contributed by atoms with E-state index < -0.39 is 5.82 Å². The van der Waals surface area contributed by atoms with Crippen LogP contribution >= 0.6 is 23.2 Å². The first-order valence-corrected chi connectivity index (χ1v) is 5.03. The fourth-order valence-electron chi connectivity index (χ4n) is 1.26. The molecule has 0 saturated heterocycles. The Balaban J connectivity index is 2.57. The van der Waals surface area contributed by atoms with Crippen LogP contribution in [0.3, 0.4) is 0 Å². The summed E-state index contributed by atoms with van der Waals surface area (Å²) in [4.78, 5) is 0. The van der Waals surface area contributed by atoms with Crippen LogP contribution in [0.5, 0.6) is 0 Å². The number of hydrogen-bond donors (Lipinski definition) is 1. The highest BCUT2D eigenvalue weighted by atomic mass is 35.5. The average molecular weight is 262 g/mol. The van der Waals surface area contributed by atoms with E-state index in [4.69, 9.17) is 28.3 Å². The van der Waals surface area contributed by atoms with Gasteiger partial charge in [0.1, 0.15) is 12.9 Å². The topological polar surface area (TPSA) is 50.9 Å². The van der Waals surface area contributed by atoms with E-state index in [1.807, 2.05) is 0 Å². The molecule has 0 fully saturated rings. The lowest BCUT2D eigenvalue weighted by molar-refractivity contribution is 0.269. The van der Waals surface area contributed by atoms with Crippen LogP contribution in [0.2, 0.25) is 10.0 Å². The first-order chi connectivity index (χ1) is 7.63. The Labute approximate surface area is 100 Å². The summed E-state index contributed by atoms with van der Waals surface area (Å²) < 4.78 is 14.7. The van der Waals surface area contributed by atoms with Gasteiger partial charge in [-0.3, -0.25) is 4.57 Å². The number of nitrogens with zero attached hydrogens (tertiary/aromatic N) is 3. The summed E-state index contributed by atoms with van der Waals surface area (Å²) in [5.74, 6) is -0.357. The Kier molecular flexibility index (Phi) is 3.09. The fourth-order valence-corrected chi connectivity index (χ4v) is 1.74. The normalized spacial score (nSPS) is 10.8. The third kappa shape index (κ3) is 1.89. The standard InChI is InChI=1S/C9H6Cl2FN3O/c10-6-1-5(2-7(11)9(6)12)15-4-13-14-8(15)3-16/h1-2,4,16H,3H2. The molecule has 1 heterocycles. The second-order valence-corrected chi connectivity index (χ2v) is 3.81. The average Bonchev–Trinajstić information content (AvgIpc) is 2.73. The third-order valence-electron chi connectivity index (χ3n) is 2.01. The van der Waals surface area contributed by atoms with E-state index in [2.05, 4.69) is 10.2 Å². The summed E-state index contributed by atoms with van der Waals surface area (Å²) >= 11 is 11.3. The zero-order valence-corrected chi connectivity index (χ0v) is 9.37. The van der Waals surface area contributed by atoms with Gasteiger partial charge in [0.25, 0.3) is 0 Å². The summed E-state index contributed by atoms with van der Waals surface area (Å²) in [5.41, 5.74) is 0.491. The van der Waals surface area contributed by atoms with Gasteiger partial charge in [-0.25, -0.2) is 4.39 Å². The SMILES string of the molecule is OCc1nncn1-c1cc(Cl)c(F)c(Cl)c1. The monoisotopic (exact) mass is 261 g/mol. The molecule has 0 aliphatic rings. The van der Waals surface area contributed by atoms with Gasteiger partial charge in [-0.1, -0.05) is 23.2 Å². The van der Waals surface area contributed by atoms with Crippen molar-refractivity contribution in [3.8, 4) is 5.69 Å². The molecule has 0 spiro atoms. The molecule has 0 aliphatic heterocycles. The Bertz CT molecular complexity index is 506. The molecule has 0 aliphatic carbocycles. The first-order valence-electron chi connectivity index (χ1n) is 4.28. The van der Waals surface area contributed by atoms with Gasteiger partial charge in [0, 0.05) is 0 Å². The Morgan fingerprint density at radius 2 is 1.94 bits per heavy atom. The fraction of sp³-hybridized carbons (Fsp3) is 0.111. The van der Waals surface area contributed by atoms with Crippen molar-refractivity contribution < 1.29 is 9.50 Å². The molecule has 0 saturated carbocycles. The second-order valence-electron chi connectivity index (χ2n) is 3.00. The zero-order chi connectivity index (χ0) is 11.7. The predicted molar refractivity (Wildman–Crippen MR) is 57.3 cm³/mol. The largest absolute Gasteiger partial charge is 0.388 e. The van der Waals surface area contributed by atoms with Crippen molar-refractivity contribution in [1.29, 1.82) is 0 Å². The summed E-state index contributed by atoms with van der Waals surface area (Å²) in [6, 6.07) is 2.76. The van der Waals surface area contributed by atoms with E-state index in [0.717, 1.165) is 0 Å². The van der Waals surface area contributed by atoms with Gasteiger partial charge in [0.2, 0.25) is 0 Å². The van der Waals surface area contributed by atoms with Crippen LogP contribution in [-0.4, -0.2) is 19.9 Å². The lowest BCUT2D eigenvalue weighted by Crippen LogP contribution is -2.00. The lowest BCUT2D eigenvalue weighted by atomic mass is 10.3. The van der Waals surface area contributed by atoms with Gasteiger partial charge in [-0.05, 0) is 12.1 Å². The Morgan fingerprint density at radius 1 is 1.31 bits per heavy atom. The van der Waals surface area contributed by atoms with E-state index >= 15 is 0 Å². The summed E-state index contributed by atoms with van der Waals surface area (Å²) in [6.45, 7) is -0.285. The maximum Gasteiger partial charge on any atom is 0.163 e. The highest BCUT2D eigenvalue weighted by Crippen LogP contribution is 2.26. The van der Waals surface area contributed by atoms with E-state index in [9.17, 15) is 4.39 Å². The van der Waals surface area contributed by atoms with E-state index in [1.54, 1.807) is 0 Å². The van der Waals surface area contributed by atoms with Crippen molar-refractivity contribution in [2.24, 2.45) is 0 Å². The summed E-state index contributed by atoms with van der Waals surface area (Å²) in [6.07, 6.45) is 1.38. The number of hydrogen-bond acceptors (Lipinski definition) is 3. The van der Waals surface area contributed by atoms with Crippen molar-refractivity contribution in [3.05, 3.63) is 40.1 Å². The van der Waals surface area contributed by atoms with E-state index in [-0.39, 0.29) is 16.7 Å². The molecule has 2 aromatic rings. The van der Waals surface area contributed by atoms with Crippen molar-refractivity contribution >= 4 is 23.2 Å². The molecule has 2 rings (SSSR count). The molecule has 0 amide bonds. The molecule has 0 unspecified atom stereocenters. The maximum absolute atomic E-state index is 13.2. The number of halogens is 3. The highest BCUT2D eigenvalue weighted by Gasteiger charge is 2.11. The van der Waals surface area contributed by atoms with Crippen LogP contribution in [0.15, 0.2) is 18.5 Å². The van der Waals surface area contributed by atoms with Gasteiger partial charge in [-0.2, -0.15) is 0 Å². The molecule has 1 aromatic carbocycles. The van der Waals surface area contributed by atoms with Crippen LogP contribution in [0.4, 0.5) is 4.39 Å². The van der Waals surface area contributed by atoms with E-state index in [1.165, 1.54) is 23.0 Å². The summed E-state index contributed by atoms with van der Waals surface area (Å²) in [7, 11) is 0. The predicted octanol–water partition coefficient (Wildman–Crippen LogP) is 2.21. The first kappa shape index (κ1) is 11.3. The Morgan fingerprint density at radius 3 is 2.50 bits per heavy atom. The minimum Gasteiger partial charge on any atom is -0.388 e. The van der Waals surface area contributed by atoms with Crippen LogP contribution in [-0.2, 0) is 6.61 Å². The second kappa shape index (κ2) is 4.37. The van der Waals surface area contributed by atoms with Crippen molar-refractivity contribution in [2.45, 2.75) is 6.61 Å². The van der Waals surface area contributed by atoms with Gasteiger partial charge >= 0.3 is 0 Å². The van der Waals surface area contributed by atoms with Crippen LogP contribution < -0.4 is 0 Å². The third-order valence-corrected chi connectivity index (χ3v) is 2.56. The maximum atomic E-state index is 13.2. The quantitative estimate of drug-likeness (QED) is 0.844. The van der Waals surface area contributed by atoms with Crippen molar-refractivity contribution in [3.63, 3.8) is 0 Å². The van der Waals surface area contributed by atoms with Gasteiger partial charge in [0.05, 0.1) is 15.7 Å². The molecule has 84 valence electrons. The number of aliphatic hydroxyl groups excluding tert-OH is 1. The number of aliphatic hydroxyl groups is 1. The van der Waals surface area contributed by atoms with Crippen LogP contribution in [0.25, 0.3) is 5.69 Å².